The van der Waals surface area contributed by atoms with Gasteiger partial charge in [0.05, 0.1) is 5.60 Å². The Morgan fingerprint density at radius 1 is 1.30 bits per heavy atom. The molecule has 0 amide bonds. The summed E-state index contributed by atoms with van der Waals surface area (Å²) in [6.45, 7) is 8.54. The predicted octanol–water partition coefficient (Wildman–Crippen LogP) is 2.19. The molecule has 0 bridgehead atoms. The van der Waals surface area contributed by atoms with E-state index < -0.39 is 5.60 Å². The van der Waals surface area contributed by atoms with Gasteiger partial charge in [0.1, 0.15) is 0 Å². The molecule has 1 aliphatic carbocycles. The van der Waals surface area contributed by atoms with E-state index in [2.05, 4.69) is 20.8 Å². The van der Waals surface area contributed by atoms with Gasteiger partial charge in [0.25, 0.3) is 0 Å². The first kappa shape index (κ1) is 8.06. The van der Waals surface area contributed by atoms with E-state index in [9.17, 15) is 5.11 Å². The van der Waals surface area contributed by atoms with Crippen LogP contribution in [-0.2, 0) is 0 Å². The number of hydrogen-bond acceptors (Lipinski definition) is 1. The molecule has 0 unspecified atom stereocenters. The van der Waals surface area contributed by atoms with Crippen molar-refractivity contribution in [3.63, 3.8) is 0 Å². The number of hydrogen-bond donors (Lipinski definition) is 1. The van der Waals surface area contributed by atoms with Crippen LogP contribution in [0.15, 0.2) is 0 Å². The fourth-order valence-corrected chi connectivity index (χ4v) is 2.26. The maximum atomic E-state index is 9.80. The molecule has 1 N–H and O–H groups in total. The van der Waals surface area contributed by atoms with E-state index in [1.165, 1.54) is 0 Å². The highest BCUT2D eigenvalue weighted by molar-refractivity contribution is 4.95. The molecule has 1 heteroatoms. The third-order valence-electron chi connectivity index (χ3n) is 2.76. The minimum absolute atomic E-state index is 0.350. The summed E-state index contributed by atoms with van der Waals surface area (Å²) in [4.78, 5) is 0. The molecule has 0 aliphatic heterocycles. The van der Waals surface area contributed by atoms with Crippen molar-refractivity contribution >= 4 is 0 Å². The van der Waals surface area contributed by atoms with Crippen LogP contribution in [0.5, 0.6) is 0 Å². The topological polar surface area (TPSA) is 20.2 Å². The van der Waals surface area contributed by atoms with Crippen LogP contribution in [0.2, 0.25) is 0 Å². The van der Waals surface area contributed by atoms with E-state index in [-0.39, 0.29) is 0 Å². The van der Waals surface area contributed by atoms with Crippen molar-refractivity contribution in [1.82, 2.24) is 0 Å². The van der Waals surface area contributed by atoms with Crippen molar-refractivity contribution in [2.24, 2.45) is 11.3 Å². The van der Waals surface area contributed by atoms with Crippen molar-refractivity contribution in [2.45, 2.75) is 46.1 Å². The normalized spacial score (nSPS) is 45.9. The minimum atomic E-state index is -0.413. The van der Waals surface area contributed by atoms with E-state index in [0.29, 0.717) is 11.3 Å². The Kier molecular flexibility index (Phi) is 1.59. The smallest absolute Gasteiger partial charge is 0.0650 e. The third kappa shape index (κ3) is 1.34. The quantitative estimate of drug-likeness (QED) is 0.549. The van der Waals surface area contributed by atoms with Crippen molar-refractivity contribution in [2.75, 3.05) is 0 Å². The second kappa shape index (κ2) is 1.97. The van der Waals surface area contributed by atoms with Crippen LogP contribution < -0.4 is 0 Å². The van der Waals surface area contributed by atoms with Crippen LogP contribution in [0.1, 0.15) is 40.5 Å². The van der Waals surface area contributed by atoms with Gasteiger partial charge in [-0.05, 0) is 31.1 Å². The molecule has 10 heavy (non-hydrogen) atoms. The zero-order valence-corrected chi connectivity index (χ0v) is 7.44. The summed E-state index contributed by atoms with van der Waals surface area (Å²) in [5.41, 5.74) is -0.0631. The molecule has 1 fully saturated rings. The van der Waals surface area contributed by atoms with Gasteiger partial charge >= 0.3 is 0 Å². The Labute approximate surface area is 63.4 Å². The van der Waals surface area contributed by atoms with Gasteiger partial charge in [-0.25, -0.2) is 0 Å². The zero-order valence-electron chi connectivity index (χ0n) is 7.44. The Morgan fingerprint density at radius 3 is 1.90 bits per heavy atom. The molecular formula is C9H18O. The van der Waals surface area contributed by atoms with Gasteiger partial charge in [-0.15, -0.1) is 0 Å². The van der Waals surface area contributed by atoms with Crippen LogP contribution in [0.3, 0.4) is 0 Å². The predicted molar refractivity (Wildman–Crippen MR) is 42.8 cm³/mol. The molecule has 0 saturated heterocycles. The highest BCUT2D eigenvalue weighted by Gasteiger charge is 2.43. The Bertz CT molecular complexity index is 136. The molecule has 1 nitrogen and oxygen atoms in total. The first-order chi connectivity index (χ1) is 4.33. The lowest BCUT2D eigenvalue weighted by molar-refractivity contribution is 0.0231. The summed E-state index contributed by atoms with van der Waals surface area (Å²) in [7, 11) is 0. The average molecular weight is 142 g/mol. The average Bonchev–Trinajstić information content (AvgIpc) is 1.73. The Morgan fingerprint density at radius 2 is 1.80 bits per heavy atom. The SMILES string of the molecule is C[C@@H]1CC(C)(C)C[C@@]1(C)O. The Balaban J connectivity index is 2.71. The second-order valence-corrected chi connectivity index (χ2v) is 4.80. The molecule has 0 aromatic carbocycles. The standard InChI is InChI=1S/C9H18O/c1-7-5-8(2,3)6-9(7,4)10/h7,10H,5-6H2,1-4H3/t7-,9-/m1/s1. The van der Waals surface area contributed by atoms with Crippen LogP contribution in [0, 0.1) is 11.3 Å². The maximum absolute atomic E-state index is 9.80. The summed E-state index contributed by atoms with van der Waals surface area (Å²) in [6.07, 6.45) is 2.10. The molecule has 0 spiro atoms. The summed E-state index contributed by atoms with van der Waals surface area (Å²) in [5.74, 6) is 0.461. The lowest BCUT2D eigenvalue weighted by Gasteiger charge is -2.22. The summed E-state index contributed by atoms with van der Waals surface area (Å²) >= 11 is 0. The zero-order chi connectivity index (χ0) is 7.99. The van der Waals surface area contributed by atoms with Gasteiger partial charge in [-0.1, -0.05) is 20.8 Å². The summed E-state index contributed by atoms with van der Waals surface area (Å²) in [6, 6.07) is 0. The van der Waals surface area contributed by atoms with Crippen LogP contribution in [0.25, 0.3) is 0 Å². The third-order valence-corrected chi connectivity index (χ3v) is 2.76. The first-order valence-electron chi connectivity index (χ1n) is 4.06. The molecule has 60 valence electrons. The van der Waals surface area contributed by atoms with Gasteiger partial charge in [-0.2, -0.15) is 0 Å². The van der Waals surface area contributed by atoms with Gasteiger partial charge in [0.2, 0.25) is 0 Å². The molecular weight excluding hydrogens is 124 g/mol. The van der Waals surface area contributed by atoms with Crippen molar-refractivity contribution < 1.29 is 5.11 Å². The number of rotatable bonds is 0. The lowest BCUT2D eigenvalue weighted by atomic mass is 9.90. The van der Waals surface area contributed by atoms with E-state index >= 15 is 0 Å². The van der Waals surface area contributed by atoms with Gasteiger partial charge in [0.15, 0.2) is 0 Å². The second-order valence-electron chi connectivity index (χ2n) is 4.80. The lowest BCUT2D eigenvalue weighted by Crippen LogP contribution is -2.27. The monoisotopic (exact) mass is 142 g/mol. The van der Waals surface area contributed by atoms with Crippen LogP contribution in [0.4, 0.5) is 0 Å². The first-order valence-corrected chi connectivity index (χ1v) is 4.06. The van der Waals surface area contributed by atoms with E-state index in [1.807, 2.05) is 6.92 Å². The van der Waals surface area contributed by atoms with E-state index in [4.69, 9.17) is 0 Å². The molecule has 1 rings (SSSR count). The highest BCUT2D eigenvalue weighted by atomic mass is 16.3. The molecule has 0 aromatic heterocycles. The Hall–Kier alpha value is -0.0400. The minimum Gasteiger partial charge on any atom is -0.390 e. The van der Waals surface area contributed by atoms with Gasteiger partial charge in [0, 0.05) is 0 Å². The van der Waals surface area contributed by atoms with Crippen LogP contribution >= 0.6 is 0 Å². The largest absolute Gasteiger partial charge is 0.390 e. The van der Waals surface area contributed by atoms with Crippen molar-refractivity contribution in [3.8, 4) is 0 Å². The molecule has 0 radical (unpaired) electrons. The summed E-state index contributed by atoms with van der Waals surface area (Å²) in [5, 5.41) is 9.80. The maximum Gasteiger partial charge on any atom is 0.0650 e. The molecule has 0 heterocycles. The fraction of sp³-hybridized carbons (Fsp3) is 1.00. The van der Waals surface area contributed by atoms with Crippen molar-refractivity contribution in [3.05, 3.63) is 0 Å². The van der Waals surface area contributed by atoms with Gasteiger partial charge in [-0.3, -0.25) is 0 Å². The molecule has 1 aliphatic rings. The molecule has 2 atom stereocenters. The van der Waals surface area contributed by atoms with E-state index in [0.717, 1.165) is 12.8 Å². The van der Waals surface area contributed by atoms with E-state index in [1.54, 1.807) is 0 Å². The van der Waals surface area contributed by atoms with Crippen molar-refractivity contribution in [1.29, 1.82) is 0 Å². The molecule has 1 saturated carbocycles. The number of aliphatic hydroxyl groups is 1. The van der Waals surface area contributed by atoms with Gasteiger partial charge < -0.3 is 5.11 Å². The summed E-state index contributed by atoms with van der Waals surface area (Å²) < 4.78 is 0. The highest BCUT2D eigenvalue weighted by Crippen LogP contribution is 2.46. The molecule has 0 aromatic rings. The van der Waals surface area contributed by atoms with Crippen LogP contribution in [-0.4, -0.2) is 10.7 Å². The fourth-order valence-electron chi connectivity index (χ4n) is 2.26.